The lowest BCUT2D eigenvalue weighted by Gasteiger charge is -2.13. The number of nitrogens with one attached hydrogen (secondary N) is 1. The lowest BCUT2D eigenvalue weighted by Crippen LogP contribution is -2.32. The minimum atomic E-state index is -0.645. The fourth-order valence-electron chi connectivity index (χ4n) is 2.73. The highest BCUT2D eigenvalue weighted by Crippen LogP contribution is 2.27. The Hall–Kier alpha value is -3.75. The number of fused-ring (bicyclic) bond motifs is 1. The van der Waals surface area contributed by atoms with Crippen LogP contribution in [0.25, 0.3) is 0 Å². The Balaban J connectivity index is 1.66. The number of carbonyl (C=O) groups excluding carboxylic acids is 3. The van der Waals surface area contributed by atoms with Gasteiger partial charge in [0.2, 0.25) is 5.91 Å². The molecule has 0 fully saturated rings. The van der Waals surface area contributed by atoms with Crippen molar-refractivity contribution in [2.24, 2.45) is 0 Å². The van der Waals surface area contributed by atoms with Gasteiger partial charge in [0.25, 0.3) is 17.5 Å². The molecule has 0 saturated heterocycles. The molecule has 27 heavy (non-hydrogen) atoms. The topological polar surface area (TPSA) is 119 Å². The van der Waals surface area contributed by atoms with Gasteiger partial charge in [-0.1, -0.05) is 6.07 Å². The molecule has 0 atom stereocenters. The Morgan fingerprint density at radius 2 is 1.89 bits per heavy atom. The van der Waals surface area contributed by atoms with Crippen molar-refractivity contribution in [1.82, 2.24) is 4.90 Å². The third-order valence-electron chi connectivity index (χ3n) is 4.08. The summed E-state index contributed by atoms with van der Waals surface area (Å²) >= 11 is 0. The Morgan fingerprint density at radius 3 is 2.59 bits per heavy atom. The van der Waals surface area contributed by atoms with E-state index in [1.165, 1.54) is 19.2 Å². The maximum absolute atomic E-state index is 12.4. The number of methoxy groups -OCH3 is 1. The Kier molecular flexibility index (Phi) is 4.84. The van der Waals surface area contributed by atoms with E-state index >= 15 is 0 Å². The standard InChI is InChI=1S/C18H15N3O6/c1-27-13-4-2-3-11(9-13)19-16(22)7-8-20-17(23)14-6-5-12(21(25)26)10-15(14)18(20)24/h2-6,9-10H,7-8H2,1H3,(H,19,22). The van der Waals surface area contributed by atoms with E-state index in [-0.39, 0.29) is 35.7 Å². The highest BCUT2D eigenvalue weighted by atomic mass is 16.6. The molecule has 0 aliphatic carbocycles. The summed E-state index contributed by atoms with van der Waals surface area (Å²) in [5, 5.41) is 13.5. The molecular weight excluding hydrogens is 354 g/mol. The van der Waals surface area contributed by atoms with E-state index in [1.807, 2.05) is 0 Å². The van der Waals surface area contributed by atoms with Gasteiger partial charge in [-0.3, -0.25) is 29.4 Å². The summed E-state index contributed by atoms with van der Waals surface area (Å²) in [5.41, 5.74) is 0.325. The molecule has 0 unspecified atom stereocenters. The third kappa shape index (κ3) is 3.61. The molecule has 2 aromatic rings. The van der Waals surface area contributed by atoms with E-state index in [2.05, 4.69) is 5.32 Å². The number of ether oxygens (including phenoxy) is 1. The van der Waals surface area contributed by atoms with Crippen LogP contribution < -0.4 is 10.1 Å². The Bertz CT molecular complexity index is 956. The molecule has 3 amide bonds. The second kappa shape index (κ2) is 7.24. The molecule has 9 nitrogen and oxygen atoms in total. The zero-order valence-corrected chi connectivity index (χ0v) is 14.3. The molecule has 1 heterocycles. The summed E-state index contributed by atoms with van der Waals surface area (Å²) < 4.78 is 5.07. The number of benzene rings is 2. The molecule has 1 N–H and O–H groups in total. The van der Waals surface area contributed by atoms with Crippen molar-refractivity contribution < 1.29 is 24.0 Å². The molecule has 0 bridgehead atoms. The smallest absolute Gasteiger partial charge is 0.270 e. The molecule has 138 valence electrons. The van der Waals surface area contributed by atoms with Crippen LogP contribution in [0.1, 0.15) is 27.1 Å². The first-order chi connectivity index (χ1) is 12.9. The minimum absolute atomic E-state index is 0.0256. The summed E-state index contributed by atoms with van der Waals surface area (Å²) in [4.78, 5) is 47.9. The largest absolute Gasteiger partial charge is 0.497 e. The van der Waals surface area contributed by atoms with Gasteiger partial charge >= 0.3 is 0 Å². The normalized spacial score (nSPS) is 12.7. The van der Waals surface area contributed by atoms with Crippen LogP contribution in [0.3, 0.4) is 0 Å². The molecule has 1 aliphatic heterocycles. The molecule has 0 aromatic heterocycles. The average Bonchev–Trinajstić information content (AvgIpc) is 2.90. The summed E-state index contributed by atoms with van der Waals surface area (Å²) in [6.45, 7) is -0.129. The van der Waals surface area contributed by atoms with Crippen molar-refractivity contribution >= 4 is 29.1 Å². The molecule has 1 aliphatic rings. The van der Waals surface area contributed by atoms with Crippen LogP contribution in [0, 0.1) is 10.1 Å². The summed E-state index contributed by atoms with van der Waals surface area (Å²) in [7, 11) is 1.51. The van der Waals surface area contributed by atoms with E-state index in [1.54, 1.807) is 24.3 Å². The molecule has 0 saturated carbocycles. The summed E-state index contributed by atoms with van der Waals surface area (Å²) in [6.07, 6.45) is -0.106. The van der Waals surface area contributed by atoms with Crippen molar-refractivity contribution in [3.8, 4) is 5.75 Å². The van der Waals surface area contributed by atoms with Crippen molar-refractivity contribution in [1.29, 1.82) is 0 Å². The van der Waals surface area contributed by atoms with Crippen molar-refractivity contribution in [2.75, 3.05) is 19.0 Å². The molecule has 0 spiro atoms. The van der Waals surface area contributed by atoms with Crippen LogP contribution in [-0.4, -0.2) is 41.2 Å². The van der Waals surface area contributed by atoms with E-state index in [0.717, 1.165) is 11.0 Å². The van der Waals surface area contributed by atoms with Crippen LogP contribution in [-0.2, 0) is 4.79 Å². The Morgan fingerprint density at radius 1 is 1.15 bits per heavy atom. The van der Waals surface area contributed by atoms with Gasteiger partial charge in [0.15, 0.2) is 0 Å². The van der Waals surface area contributed by atoms with E-state index in [9.17, 15) is 24.5 Å². The third-order valence-corrected chi connectivity index (χ3v) is 4.08. The quantitative estimate of drug-likeness (QED) is 0.474. The minimum Gasteiger partial charge on any atom is -0.497 e. The van der Waals surface area contributed by atoms with Crippen molar-refractivity contribution in [3.05, 3.63) is 63.7 Å². The zero-order valence-electron chi connectivity index (χ0n) is 14.3. The number of nitro groups is 1. The van der Waals surface area contributed by atoms with E-state index in [4.69, 9.17) is 4.74 Å². The lowest BCUT2D eigenvalue weighted by molar-refractivity contribution is -0.384. The van der Waals surface area contributed by atoms with E-state index < -0.39 is 16.7 Å². The predicted molar refractivity (Wildman–Crippen MR) is 94.7 cm³/mol. The number of non-ortho nitro benzene ring substituents is 1. The molecular formula is C18H15N3O6. The van der Waals surface area contributed by atoms with Gasteiger partial charge in [0, 0.05) is 36.9 Å². The molecule has 9 heteroatoms. The van der Waals surface area contributed by atoms with E-state index in [0.29, 0.717) is 11.4 Å². The first kappa shape index (κ1) is 18.1. The number of nitro benzene ring substituents is 1. The first-order valence-electron chi connectivity index (χ1n) is 7.99. The number of carbonyl (C=O) groups is 3. The molecule has 2 aromatic carbocycles. The highest BCUT2D eigenvalue weighted by Gasteiger charge is 2.36. The number of hydrogen-bond donors (Lipinski definition) is 1. The first-order valence-corrected chi connectivity index (χ1v) is 7.99. The number of hydrogen-bond acceptors (Lipinski definition) is 6. The summed E-state index contributed by atoms with van der Waals surface area (Å²) in [5.74, 6) is -1.02. The Labute approximate surface area is 153 Å². The number of anilines is 1. The number of amides is 3. The average molecular weight is 369 g/mol. The van der Waals surface area contributed by atoms with Crippen LogP contribution >= 0.6 is 0 Å². The second-order valence-corrected chi connectivity index (χ2v) is 5.78. The fourth-order valence-corrected chi connectivity index (χ4v) is 2.73. The second-order valence-electron chi connectivity index (χ2n) is 5.78. The van der Waals surface area contributed by atoms with Gasteiger partial charge < -0.3 is 10.1 Å². The van der Waals surface area contributed by atoms with Crippen molar-refractivity contribution in [2.45, 2.75) is 6.42 Å². The molecule has 0 radical (unpaired) electrons. The SMILES string of the molecule is COc1cccc(NC(=O)CCN2C(=O)c3ccc([N+](=O)[O-])cc3C2=O)c1. The maximum Gasteiger partial charge on any atom is 0.270 e. The lowest BCUT2D eigenvalue weighted by atomic mass is 10.1. The maximum atomic E-state index is 12.4. The van der Waals surface area contributed by atoms with Crippen LogP contribution in [0.5, 0.6) is 5.75 Å². The number of nitrogens with zero attached hydrogens (tertiary/aromatic N) is 2. The van der Waals surface area contributed by atoms with Gasteiger partial charge in [0.1, 0.15) is 5.75 Å². The van der Waals surface area contributed by atoms with Gasteiger partial charge in [0.05, 0.1) is 23.2 Å². The fraction of sp³-hybridized carbons (Fsp3) is 0.167. The number of imide groups is 1. The summed E-state index contributed by atoms with van der Waals surface area (Å²) in [6, 6.07) is 10.3. The zero-order chi connectivity index (χ0) is 19.6. The van der Waals surface area contributed by atoms with Gasteiger partial charge in [-0.25, -0.2) is 0 Å². The van der Waals surface area contributed by atoms with Gasteiger partial charge in [-0.05, 0) is 18.2 Å². The highest BCUT2D eigenvalue weighted by molar-refractivity contribution is 6.21. The van der Waals surface area contributed by atoms with Gasteiger partial charge in [-0.2, -0.15) is 0 Å². The molecule has 3 rings (SSSR count). The van der Waals surface area contributed by atoms with Gasteiger partial charge in [-0.15, -0.1) is 0 Å². The van der Waals surface area contributed by atoms with Crippen LogP contribution in [0.2, 0.25) is 0 Å². The predicted octanol–water partition coefficient (Wildman–Crippen LogP) is 2.23. The van der Waals surface area contributed by atoms with Crippen LogP contribution in [0.4, 0.5) is 11.4 Å². The van der Waals surface area contributed by atoms with Crippen LogP contribution in [0.15, 0.2) is 42.5 Å². The van der Waals surface area contributed by atoms with Crippen molar-refractivity contribution in [3.63, 3.8) is 0 Å². The monoisotopic (exact) mass is 369 g/mol. The number of rotatable bonds is 6.